The van der Waals surface area contributed by atoms with Crippen molar-refractivity contribution >= 4 is 39.5 Å². The van der Waals surface area contributed by atoms with Gasteiger partial charge in [-0.15, -0.1) is 10.2 Å². The molecular weight excluding hydrogens is 320 g/mol. The van der Waals surface area contributed by atoms with Crippen LogP contribution in [0, 0.1) is 6.92 Å². The van der Waals surface area contributed by atoms with E-state index in [1.54, 1.807) is 12.1 Å². The van der Waals surface area contributed by atoms with E-state index in [1.807, 2.05) is 23.5 Å². The first-order valence-electron chi connectivity index (χ1n) is 6.89. The number of para-hydroxylation sites is 1. The predicted octanol–water partition coefficient (Wildman–Crippen LogP) is 4.13. The molecule has 5 nitrogen and oxygen atoms in total. The van der Waals surface area contributed by atoms with Crippen molar-refractivity contribution in [2.75, 3.05) is 5.32 Å². The van der Waals surface area contributed by atoms with E-state index in [4.69, 9.17) is 11.6 Å². The van der Waals surface area contributed by atoms with Gasteiger partial charge in [0.1, 0.15) is 10.7 Å². The average Bonchev–Trinajstić information content (AvgIpc) is 3.02. The summed E-state index contributed by atoms with van der Waals surface area (Å²) in [6.45, 7) is 6.01. The van der Waals surface area contributed by atoms with Crippen molar-refractivity contribution in [2.45, 2.75) is 26.7 Å². The molecule has 114 valence electrons. The summed E-state index contributed by atoms with van der Waals surface area (Å²) in [5.41, 5.74) is 1.44. The molecule has 1 N–H and O–H groups in total. The van der Waals surface area contributed by atoms with Crippen LogP contribution < -0.4 is 5.32 Å². The summed E-state index contributed by atoms with van der Waals surface area (Å²) in [5, 5.41) is 11.7. The molecule has 0 aliphatic rings. The summed E-state index contributed by atoms with van der Waals surface area (Å²) in [6, 6.07) is 7.17. The molecule has 1 aromatic carbocycles. The lowest BCUT2D eigenvalue weighted by molar-refractivity contribution is 0.102. The molecule has 3 aromatic rings. The maximum Gasteiger partial charge on any atom is 0.267 e. The lowest BCUT2D eigenvalue weighted by Gasteiger charge is -2.07. The minimum Gasteiger partial charge on any atom is -0.320 e. The van der Waals surface area contributed by atoms with Gasteiger partial charge in [0.25, 0.3) is 5.91 Å². The molecule has 2 heterocycles. The number of nitrogens with zero attached hydrogens (tertiary/aromatic N) is 3. The third kappa shape index (κ3) is 2.48. The Bertz CT molecular complexity index is 852. The van der Waals surface area contributed by atoms with Crippen molar-refractivity contribution in [1.82, 2.24) is 14.6 Å². The summed E-state index contributed by atoms with van der Waals surface area (Å²) in [4.78, 5) is 13.9. The third-order valence-corrected chi connectivity index (χ3v) is 4.82. The Labute approximate surface area is 136 Å². The Morgan fingerprint density at radius 2 is 2.05 bits per heavy atom. The van der Waals surface area contributed by atoms with Gasteiger partial charge in [0.05, 0.1) is 10.7 Å². The maximum atomic E-state index is 12.5. The number of fused-ring (bicyclic) bond motifs is 1. The Balaban J connectivity index is 1.98. The molecule has 0 radical (unpaired) electrons. The van der Waals surface area contributed by atoms with Crippen molar-refractivity contribution in [2.24, 2.45) is 0 Å². The molecule has 2 aromatic heterocycles. The van der Waals surface area contributed by atoms with Crippen molar-refractivity contribution in [3.63, 3.8) is 0 Å². The highest BCUT2D eigenvalue weighted by atomic mass is 35.5. The molecular formula is C15H15ClN4OS. The number of hydrogen-bond donors (Lipinski definition) is 1. The number of hydrogen-bond acceptors (Lipinski definition) is 4. The van der Waals surface area contributed by atoms with Crippen molar-refractivity contribution in [1.29, 1.82) is 0 Å². The van der Waals surface area contributed by atoms with E-state index >= 15 is 0 Å². The number of thiazole rings is 1. The van der Waals surface area contributed by atoms with E-state index in [1.165, 1.54) is 11.3 Å². The number of aromatic nitrogens is 3. The van der Waals surface area contributed by atoms with Crippen LogP contribution in [0.5, 0.6) is 0 Å². The van der Waals surface area contributed by atoms with Crippen LogP contribution in [-0.4, -0.2) is 20.5 Å². The zero-order valence-corrected chi connectivity index (χ0v) is 14.0. The molecule has 0 aliphatic carbocycles. The van der Waals surface area contributed by atoms with Crippen LogP contribution in [0.4, 0.5) is 5.69 Å². The number of benzene rings is 1. The van der Waals surface area contributed by atoms with Crippen molar-refractivity contribution < 1.29 is 4.79 Å². The average molecular weight is 335 g/mol. The maximum absolute atomic E-state index is 12.5. The van der Waals surface area contributed by atoms with Crippen LogP contribution in [-0.2, 0) is 0 Å². The number of amides is 1. The summed E-state index contributed by atoms with van der Waals surface area (Å²) >= 11 is 7.41. The van der Waals surface area contributed by atoms with Gasteiger partial charge in [0.2, 0.25) is 4.96 Å². The summed E-state index contributed by atoms with van der Waals surface area (Å²) in [5.74, 6) is 0.916. The predicted molar refractivity (Wildman–Crippen MR) is 89.1 cm³/mol. The number of carbonyl (C=O) groups is 1. The molecule has 3 rings (SSSR count). The number of carbonyl (C=O) groups excluding carboxylic acids is 1. The Morgan fingerprint density at radius 3 is 2.73 bits per heavy atom. The van der Waals surface area contributed by atoms with Gasteiger partial charge in [-0.2, -0.15) is 0 Å². The summed E-state index contributed by atoms with van der Waals surface area (Å²) < 4.78 is 1.94. The molecule has 0 spiro atoms. The van der Waals surface area contributed by atoms with E-state index in [-0.39, 0.29) is 11.8 Å². The minimum absolute atomic E-state index is 0.184. The highest BCUT2D eigenvalue weighted by molar-refractivity contribution is 7.19. The van der Waals surface area contributed by atoms with Gasteiger partial charge in [-0.3, -0.25) is 9.20 Å². The summed E-state index contributed by atoms with van der Waals surface area (Å²) in [7, 11) is 0. The molecule has 0 aliphatic heterocycles. The van der Waals surface area contributed by atoms with E-state index in [0.717, 1.165) is 16.5 Å². The fourth-order valence-electron chi connectivity index (χ4n) is 2.26. The van der Waals surface area contributed by atoms with Gasteiger partial charge in [-0.05, 0) is 19.1 Å². The molecule has 22 heavy (non-hydrogen) atoms. The van der Waals surface area contributed by atoms with E-state index in [9.17, 15) is 4.79 Å². The number of halogens is 1. The number of aryl methyl sites for hydroxylation is 1. The fraction of sp³-hybridized carbons (Fsp3) is 0.267. The number of anilines is 1. The van der Waals surface area contributed by atoms with Crippen LogP contribution in [0.15, 0.2) is 24.3 Å². The summed E-state index contributed by atoms with van der Waals surface area (Å²) in [6.07, 6.45) is 0. The van der Waals surface area contributed by atoms with Crippen molar-refractivity contribution in [3.8, 4) is 0 Å². The van der Waals surface area contributed by atoms with Crippen molar-refractivity contribution in [3.05, 3.63) is 45.7 Å². The Kier molecular flexibility index (Phi) is 3.88. The van der Waals surface area contributed by atoms with Crippen LogP contribution in [0.2, 0.25) is 5.02 Å². The molecule has 7 heteroatoms. The first-order valence-corrected chi connectivity index (χ1v) is 8.08. The van der Waals surface area contributed by atoms with Crippen LogP contribution in [0.25, 0.3) is 4.96 Å². The van der Waals surface area contributed by atoms with Crippen LogP contribution in [0.3, 0.4) is 0 Å². The van der Waals surface area contributed by atoms with Crippen LogP contribution in [0.1, 0.15) is 41.0 Å². The fourth-order valence-corrected chi connectivity index (χ4v) is 3.41. The highest BCUT2D eigenvalue weighted by Gasteiger charge is 2.21. The Morgan fingerprint density at radius 1 is 1.32 bits per heavy atom. The zero-order chi connectivity index (χ0) is 15.9. The molecule has 0 atom stereocenters. The number of rotatable bonds is 3. The molecule has 0 saturated carbocycles. The monoisotopic (exact) mass is 334 g/mol. The van der Waals surface area contributed by atoms with Gasteiger partial charge < -0.3 is 5.32 Å². The smallest absolute Gasteiger partial charge is 0.267 e. The van der Waals surface area contributed by atoms with Gasteiger partial charge in [0, 0.05) is 11.6 Å². The second kappa shape index (κ2) is 5.70. The van der Waals surface area contributed by atoms with Gasteiger partial charge >= 0.3 is 0 Å². The van der Waals surface area contributed by atoms with Gasteiger partial charge in [-0.1, -0.05) is 48.9 Å². The van der Waals surface area contributed by atoms with Gasteiger partial charge in [0.15, 0.2) is 0 Å². The normalized spacial score (nSPS) is 11.3. The molecule has 1 amide bonds. The first kappa shape index (κ1) is 15.0. The molecule has 0 fully saturated rings. The second-order valence-electron chi connectivity index (χ2n) is 5.28. The lowest BCUT2D eigenvalue weighted by Crippen LogP contribution is -2.12. The largest absolute Gasteiger partial charge is 0.320 e. The minimum atomic E-state index is -0.184. The highest BCUT2D eigenvalue weighted by Crippen LogP contribution is 2.27. The van der Waals surface area contributed by atoms with E-state index in [0.29, 0.717) is 15.6 Å². The molecule has 0 saturated heterocycles. The Hall–Kier alpha value is -1.92. The second-order valence-corrected chi connectivity index (χ2v) is 6.67. The molecule has 0 bridgehead atoms. The van der Waals surface area contributed by atoms with E-state index in [2.05, 4.69) is 29.4 Å². The zero-order valence-electron chi connectivity index (χ0n) is 12.4. The number of nitrogens with one attached hydrogen (secondary N) is 1. The lowest BCUT2D eigenvalue weighted by atomic mass is 10.2. The topological polar surface area (TPSA) is 59.3 Å². The first-order chi connectivity index (χ1) is 10.5. The third-order valence-electron chi connectivity index (χ3n) is 3.36. The standard InChI is InChI=1S/C15H15ClN4OS/c1-8(2)13-18-19-15-20(13)9(3)12(22-15)14(21)17-11-7-5-4-6-10(11)16/h4-8H,1-3H3,(H,17,21). The molecule has 0 unspecified atom stereocenters. The van der Waals surface area contributed by atoms with E-state index < -0.39 is 0 Å². The van der Waals surface area contributed by atoms with Crippen LogP contribution >= 0.6 is 22.9 Å². The quantitative estimate of drug-likeness (QED) is 0.783. The van der Waals surface area contributed by atoms with Gasteiger partial charge in [-0.25, -0.2) is 0 Å². The SMILES string of the molecule is Cc1c(C(=O)Nc2ccccc2Cl)sc2nnc(C(C)C)n12.